The van der Waals surface area contributed by atoms with Gasteiger partial charge in [0.25, 0.3) is 5.19 Å². The number of thiazole rings is 1. The Bertz CT molecular complexity index is 763. The number of rotatable bonds is 6. The standard InChI is InChI=1S/C16H20F3N5OS2/c1-3-25-15-21-9-12(27-15)13-11(16(17,18)19)8-20-14(23-13)22-10-4-6-24(26-2)7-5-10/h8-10H,3-7H2,1-2H3,(H,20,22,23). The number of piperidine rings is 1. The summed E-state index contributed by atoms with van der Waals surface area (Å²) >= 11 is 2.73. The van der Waals surface area contributed by atoms with Crippen LogP contribution in [0.1, 0.15) is 25.3 Å². The van der Waals surface area contributed by atoms with Crippen LogP contribution in [0.25, 0.3) is 10.6 Å². The van der Waals surface area contributed by atoms with Gasteiger partial charge in [-0.1, -0.05) is 23.3 Å². The van der Waals surface area contributed by atoms with E-state index in [1.807, 2.05) is 6.26 Å². The molecule has 148 valence electrons. The highest BCUT2D eigenvalue weighted by Gasteiger charge is 2.36. The SMILES string of the molecule is CCOc1ncc(-c2nc(NC3CCN(SC)CC3)ncc2C(F)(F)F)s1. The predicted molar refractivity (Wildman–Crippen MR) is 101 cm³/mol. The molecule has 1 fully saturated rings. The number of nitrogens with one attached hydrogen (secondary N) is 1. The molecule has 0 radical (unpaired) electrons. The topological polar surface area (TPSA) is 63.2 Å². The molecule has 27 heavy (non-hydrogen) atoms. The van der Waals surface area contributed by atoms with Crippen molar-refractivity contribution in [2.45, 2.75) is 32.0 Å². The highest BCUT2D eigenvalue weighted by Crippen LogP contribution is 2.39. The molecular weight excluding hydrogens is 399 g/mol. The number of halogens is 3. The van der Waals surface area contributed by atoms with Crippen LogP contribution < -0.4 is 10.1 Å². The third kappa shape index (κ3) is 5.02. The van der Waals surface area contributed by atoms with E-state index in [1.165, 1.54) is 6.20 Å². The van der Waals surface area contributed by atoms with Gasteiger partial charge in [-0.05, 0) is 26.0 Å². The smallest absolute Gasteiger partial charge is 0.420 e. The maximum Gasteiger partial charge on any atom is 0.420 e. The molecule has 1 saturated heterocycles. The maximum absolute atomic E-state index is 13.4. The lowest BCUT2D eigenvalue weighted by Crippen LogP contribution is -2.35. The zero-order chi connectivity index (χ0) is 19.4. The second-order valence-corrected chi connectivity index (χ2v) is 7.78. The Hall–Kier alpha value is -1.59. The van der Waals surface area contributed by atoms with Crippen LogP contribution in [0.15, 0.2) is 12.4 Å². The van der Waals surface area contributed by atoms with Crippen LogP contribution in [-0.2, 0) is 6.18 Å². The van der Waals surface area contributed by atoms with Crippen molar-refractivity contribution >= 4 is 29.2 Å². The van der Waals surface area contributed by atoms with Crippen molar-refractivity contribution in [3.63, 3.8) is 0 Å². The Morgan fingerprint density at radius 1 is 1.30 bits per heavy atom. The summed E-state index contributed by atoms with van der Waals surface area (Å²) in [5.41, 5.74) is -1.05. The molecule has 11 heteroatoms. The van der Waals surface area contributed by atoms with Gasteiger partial charge in [0.05, 0.1) is 23.4 Å². The van der Waals surface area contributed by atoms with Gasteiger partial charge < -0.3 is 10.1 Å². The van der Waals surface area contributed by atoms with Gasteiger partial charge in [0, 0.05) is 25.3 Å². The Labute approximate surface area is 163 Å². The third-order valence-electron chi connectivity index (χ3n) is 4.13. The highest BCUT2D eigenvalue weighted by molar-refractivity contribution is 7.96. The lowest BCUT2D eigenvalue weighted by molar-refractivity contribution is -0.137. The van der Waals surface area contributed by atoms with E-state index in [2.05, 4.69) is 24.6 Å². The van der Waals surface area contributed by atoms with Gasteiger partial charge in [-0.3, -0.25) is 4.31 Å². The second-order valence-electron chi connectivity index (χ2n) is 5.91. The van der Waals surface area contributed by atoms with E-state index < -0.39 is 11.7 Å². The molecule has 6 nitrogen and oxygen atoms in total. The normalized spacial score (nSPS) is 16.5. The van der Waals surface area contributed by atoms with Crippen molar-refractivity contribution < 1.29 is 17.9 Å². The van der Waals surface area contributed by atoms with Crippen molar-refractivity contribution in [2.24, 2.45) is 0 Å². The molecule has 0 spiro atoms. The van der Waals surface area contributed by atoms with E-state index in [9.17, 15) is 13.2 Å². The minimum Gasteiger partial charge on any atom is -0.470 e. The van der Waals surface area contributed by atoms with Crippen molar-refractivity contribution in [3.8, 4) is 15.8 Å². The Morgan fingerprint density at radius 3 is 2.67 bits per heavy atom. The van der Waals surface area contributed by atoms with Crippen LogP contribution in [0.3, 0.4) is 0 Å². The number of alkyl halides is 3. The summed E-state index contributed by atoms with van der Waals surface area (Å²) < 4.78 is 47.7. The van der Waals surface area contributed by atoms with Gasteiger partial charge in [-0.15, -0.1) is 0 Å². The molecule has 1 aliphatic rings. The number of nitrogens with zero attached hydrogens (tertiary/aromatic N) is 4. The van der Waals surface area contributed by atoms with Crippen LogP contribution >= 0.6 is 23.3 Å². The molecule has 2 aromatic rings. The quantitative estimate of drug-likeness (QED) is 0.705. The number of anilines is 1. The monoisotopic (exact) mass is 419 g/mol. The average molecular weight is 419 g/mol. The van der Waals surface area contributed by atoms with Gasteiger partial charge >= 0.3 is 6.18 Å². The summed E-state index contributed by atoms with van der Waals surface area (Å²) in [6, 6.07) is 0.137. The van der Waals surface area contributed by atoms with E-state index in [1.54, 1.807) is 18.9 Å². The molecule has 0 aliphatic carbocycles. The maximum atomic E-state index is 13.4. The van der Waals surface area contributed by atoms with E-state index in [-0.39, 0.29) is 17.7 Å². The fraction of sp³-hybridized carbons (Fsp3) is 0.562. The summed E-state index contributed by atoms with van der Waals surface area (Å²) in [6.07, 6.45) is 1.44. The average Bonchev–Trinajstić information content (AvgIpc) is 3.10. The van der Waals surface area contributed by atoms with Crippen LogP contribution in [-0.4, -0.2) is 51.3 Å². The van der Waals surface area contributed by atoms with E-state index >= 15 is 0 Å². The first-order valence-corrected chi connectivity index (χ1v) is 10.5. The number of ether oxygens (including phenoxy) is 1. The van der Waals surface area contributed by atoms with E-state index in [0.29, 0.717) is 16.7 Å². The minimum absolute atomic E-state index is 0.137. The summed E-state index contributed by atoms with van der Waals surface area (Å²) in [5.74, 6) is 0.201. The minimum atomic E-state index is -4.55. The lowest BCUT2D eigenvalue weighted by atomic mass is 10.1. The summed E-state index contributed by atoms with van der Waals surface area (Å²) in [6.45, 7) is 4.01. The molecule has 1 N–H and O–H groups in total. The van der Waals surface area contributed by atoms with Crippen molar-refractivity contribution in [1.82, 2.24) is 19.3 Å². The van der Waals surface area contributed by atoms with Crippen LogP contribution in [0.2, 0.25) is 0 Å². The van der Waals surface area contributed by atoms with Crippen molar-refractivity contribution in [1.29, 1.82) is 0 Å². The molecule has 0 amide bonds. The fourth-order valence-corrected chi connectivity index (χ4v) is 4.17. The lowest BCUT2D eigenvalue weighted by Gasteiger charge is -2.30. The molecule has 0 aromatic carbocycles. The molecule has 0 saturated carbocycles. The van der Waals surface area contributed by atoms with Crippen molar-refractivity contribution in [3.05, 3.63) is 18.0 Å². The number of hydrogen-bond donors (Lipinski definition) is 1. The first kappa shape index (κ1) is 20.2. The molecule has 3 heterocycles. The number of hydrogen-bond acceptors (Lipinski definition) is 8. The first-order chi connectivity index (χ1) is 12.9. The summed E-state index contributed by atoms with van der Waals surface area (Å²) in [7, 11) is 0. The first-order valence-electron chi connectivity index (χ1n) is 8.49. The summed E-state index contributed by atoms with van der Waals surface area (Å²) in [5, 5.41) is 3.49. The van der Waals surface area contributed by atoms with Crippen LogP contribution in [0, 0.1) is 0 Å². The zero-order valence-corrected chi connectivity index (χ0v) is 16.5. The fourth-order valence-electron chi connectivity index (χ4n) is 2.77. The zero-order valence-electron chi connectivity index (χ0n) is 14.9. The second kappa shape index (κ2) is 8.61. The van der Waals surface area contributed by atoms with Gasteiger partial charge in [0.1, 0.15) is 5.56 Å². The predicted octanol–water partition coefficient (Wildman–Crippen LogP) is 4.17. The molecule has 1 aliphatic heterocycles. The van der Waals surface area contributed by atoms with E-state index in [0.717, 1.165) is 43.5 Å². The molecule has 0 unspecified atom stereocenters. The van der Waals surface area contributed by atoms with Gasteiger partial charge in [0.2, 0.25) is 5.95 Å². The van der Waals surface area contributed by atoms with Crippen LogP contribution in [0.4, 0.5) is 19.1 Å². The Morgan fingerprint density at radius 2 is 2.04 bits per heavy atom. The molecule has 0 bridgehead atoms. The molecule has 2 aromatic heterocycles. The molecule has 0 atom stereocenters. The highest BCUT2D eigenvalue weighted by atomic mass is 32.2. The van der Waals surface area contributed by atoms with Gasteiger partial charge in [-0.2, -0.15) is 13.2 Å². The largest absolute Gasteiger partial charge is 0.470 e. The third-order valence-corrected chi connectivity index (χ3v) is 5.92. The summed E-state index contributed by atoms with van der Waals surface area (Å²) in [4.78, 5) is 12.4. The Kier molecular flexibility index (Phi) is 6.43. The molecule has 3 rings (SSSR count). The Balaban J connectivity index is 1.84. The van der Waals surface area contributed by atoms with Crippen LogP contribution in [0.5, 0.6) is 5.19 Å². The molecular formula is C16H20F3N5OS2. The number of aromatic nitrogens is 3. The van der Waals surface area contributed by atoms with Crippen molar-refractivity contribution in [2.75, 3.05) is 31.3 Å². The van der Waals surface area contributed by atoms with E-state index in [4.69, 9.17) is 4.74 Å². The van der Waals surface area contributed by atoms with Gasteiger partial charge in [-0.25, -0.2) is 15.0 Å². The van der Waals surface area contributed by atoms with Gasteiger partial charge in [0.15, 0.2) is 0 Å².